The van der Waals surface area contributed by atoms with Gasteiger partial charge in [-0.05, 0) is 61.6 Å². The second kappa shape index (κ2) is 9.31. The number of hydrogen-bond acceptors (Lipinski definition) is 5. The smallest absolute Gasteiger partial charge is 0.251 e. The van der Waals surface area contributed by atoms with Gasteiger partial charge in [0.1, 0.15) is 0 Å². The molecule has 34 heavy (non-hydrogen) atoms. The van der Waals surface area contributed by atoms with Crippen molar-refractivity contribution in [2.75, 3.05) is 10.6 Å². The average molecular weight is 455 g/mol. The molecular weight excluding hydrogens is 424 g/mol. The van der Waals surface area contributed by atoms with Gasteiger partial charge in [-0.1, -0.05) is 42.5 Å². The molecule has 3 aromatic carbocycles. The van der Waals surface area contributed by atoms with Crippen LogP contribution in [0.25, 0.3) is 0 Å². The number of carbonyl (C=O) groups excluding carboxylic acids is 1. The van der Waals surface area contributed by atoms with Gasteiger partial charge in [0, 0.05) is 46.7 Å². The second-order valence-electron chi connectivity index (χ2n) is 9.31. The summed E-state index contributed by atoms with van der Waals surface area (Å²) >= 11 is 0. The number of amides is 1. The second-order valence-corrected chi connectivity index (χ2v) is 9.31. The third kappa shape index (κ3) is 4.41. The Morgan fingerprint density at radius 2 is 1.62 bits per heavy atom. The molecule has 0 radical (unpaired) electrons. The monoisotopic (exact) mass is 454 g/mol. The summed E-state index contributed by atoms with van der Waals surface area (Å²) < 4.78 is 0. The van der Waals surface area contributed by atoms with Crippen LogP contribution in [-0.4, -0.2) is 34.9 Å². The van der Waals surface area contributed by atoms with Gasteiger partial charge < -0.3 is 21.1 Å². The first-order valence-electron chi connectivity index (χ1n) is 11.9. The fourth-order valence-corrected chi connectivity index (χ4v) is 5.32. The molecule has 2 aliphatic rings. The highest BCUT2D eigenvalue weighted by Gasteiger charge is 2.40. The van der Waals surface area contributed by atoms with E-state index >= 15 is 0 Å². The fourth-order valence-electron chi connectivity index (χ4n) is 5.32. The molecule has 2 aliphatic heterocycles. The Morgan fingerprint density at radius 3 is 2.29 bits per heavy atom. The first-order chi connectivity index (χ1) is 16.5. The number of fused-ring (bicyclic) bond motifs is 2. The van der Waals surface area contributed by atoms with E-state index < -0.39 is 0 Å². The van der Waals surface area contributed by atoms with Crippen LogP contribution in [0.5, 0.6) is 0 Å². The summed E-state index contributed by atoms with van der Waals surface area (Å²) in [6.45, 7) is 0.438. The van der Waals surface area contributed by atoms with Crippen LogP contribution in [0.1, 0.15) is 52.7 Å². The van der Waals surface area contributed by atoms with Crippen molar-refractivity contribution < 1.29 is 9.90 Å². The van der Waals surface area contributed by atoms with Gasteiger partial charge in [-0.2, -0.15) is 0 Å². The highest BCUT2D eigenvalue weighted by atomic mass is 16.3. The molecule has 174 valence electrons. The molecule has 5 rings (SSSR count). The first kappa shape index (κ1) is 22.2. The molecule has 0 spiro atoms. The molecule has 2 saturated heterocycles. The molecule has 2 fully saturated rings. The maximum Gasteiger partial charge on any atom is 0.251 e. The van der Waals surface area contributed by atoms with Crippen LogP contribution >= 0.6 is 0 Å². The lowest BCUT2D eigenvalue weighted by Crippen LogP contribution is -2.44. The number of anilines is 2. The van der Waals surface area contributed by atoms with Gasteiger partial charge in [0.2, 0.25) is 0 Å². The molecule has 2 heterocycles. The van der Waals surface area contributed by atoms with Gasteiger partial charge in [-0.3, -0.25) is 10.2 Å². The van der Waals surface area contributed by atoms with Gasteiger partial charge in [-0.15, -0.1) is 0 Å². The number of benzene rings is 3. The van der Waals surface area contributed by atoms with Gasteiger partial charge in [0.05, 0.1) is 11.8 Å². The van der Waals surface area contributed by atoms with Gasteiger partial charge in [-0.25, -0.2) is 0 Å². The topological polar surface area (TPSA) is 102 Å². The lowest BCUT2D eigenvalue weighted by molar-refractivity contribution is 0.0951. The Hall–Kier alpha value is -3.64. The number of rotatable bonds is 6. The van der Waals surface area contributed by atoms with Crippen molar-refractivity contribution in [1.82, 2.24) is 5.32 Å². The molecule has 2 unspecified atom stereocenters. The minimum absolute atomic E-state index is 0.193. The number of nitrogens with one attached hydrogen (secondary N) is 2. The minimum atomic E-state index is -0.198. The molecule has 2 atom stereocenters. The number of carbonyl (C=O) groups is 1. The van der Waals surface area contributed by atoms with Crippen molar-refractivity contribution in [2.24, 2.45) is 0 Å². The number of nitrogen functional groups attached to an aromatic ring is 1. The zero-order valence-electron chi connectivity index (χ0n) is 19.1. The zero-order chi connectivity index (χ0) is 23.7. The molecule has 0 saturated carbocycles. The van der Waals surface area contributed by atoms with E-state index in [0.29, 0.717) is 41.2 Å². The van der Waals surface area contributed by atoms with Crippen LogP contribution < -0.4 is 16.0 Å². The van der Waals surface area contributed by atoms with Crippen LogP contribution in [0, 0.1) is 5.41 Å². The van der Waals surface area contributed by atoms with Crippen molar-refractivity contribution in [1.29, 1.82) is 5.41 Å². The quantitative estimate of drug-likeness (QED) is 0.333. The van der Waals surface area contributed by atoms with Crippen molar-refractivity contribution in [3.05, 3.63) is 95.1 Å². The summed E-state index contributed by atoms with van der Waals surface area (Å²) in [6.07, 6.45) is 3.69. The number of aliphatic hydroxyl groups is 1. The number of nitrogens with two attached hydrogens (primary N) is 1. The molecule has 2 bridgehead atoms. The van der Waals surface area contributed by atoms with Gasteiger partial charge in [0.25, 0.3) is 5.91 Å². The van der Waals surface area contributed by atoms with E-state index in [-0.39, 0.29) is 12.0 Å². The summed E-state index contributed by atoms with van der Waals surface area (Å²) in [6, 6.07) is 23.6. The van der Waals surface area contributed by atoms with Crippen molar-refractivity contribution in [3.8, 4) is 0 Å². The summed E-state index contributed by atoms with van der Waals surface area (Å²) in [5, 5.41) is 21.8. The maximum atomic E-state index is 12.7. The Morgan fingerprint density at radius 1 is 0.971 bits per heavy atom. The standard InChI is InChI=1S/C28H30N4O2/c29-26-13-8-20(28(34)31-17-18-4-2-1-3-5-18)14-25(26)27(30)19-6-9-21(10-7-19)32-22-11-12-23(32)16-24(33)15-22/h1-10,13-14,22-24,30,33H,11-12,15-17,29H2,(H,31,34). The Labute approximate surface area is 199 Å². The predicted molar refractivity (Wildman–Crippen MR) is 135 cm³/mol. The first-order valence-corrected chi connectivity index (χ1v) is 11.9. The largest absolute Gasteiger partial charge is 0.398 e. The van der Waals surface area contributed by atoms with Crippen LogP contribution in [0.3, 0.4) is 0 Å². The summed E-state index contributed by atoms with van der Waals surface area (Å²) in [4.78, 5) is 15.1. The van der Waals surface area contributed by atoms with Crippen LogP contribution in [0.15, 0.2) is 72.8 Å². The van der Waals surface area contributed by atoms with Crippen molar-refractivity contribution >= 4 is 23.0 Å². The lowest BCUT2D eigenvalue weighted by atomic mass is 9.96. The third-order valence-electron chi connectivity index (χ3n) is 7.04. The van der Waals surface area contributed by atoms with Gasteiger partial charge >= 0.3 is 0 Å². The molecule has 1 amide bonds. The highest BCUT2D eigenvalue weighted by Crippen LogP contribution is 2.39. The molecular formula is C28H30N4O2. The van der Waals surface area contributed by atoms with Crippen molar-refractivity contribution in [3.63, 3.8) is 0 Å². The van der Waals surface area contributed by atoms with E-state index in [1.54, 1.807) is 18.2 Å². The summed E-state index contributed by atoms with van der Waals surface area (Å²) in [5.41, 5.74) is 10.9. The van der Waals surface area contributed by atoms with E-state index in [2.05, 4.69) is 22.3 Å². The third-order valence-corrected chi connectivity index (χ3v) is 7.04. The predicted octanol–water partition coefficient (Wildman–Crippen LogP) is 4.11. The molecule has 6 nitrogen and oxygen atoms in total. The molecule has 6 heteroatoms. The summed E-state index contributed by atoms with van der Waals surface area (Å²) in [7, 11) is 0. The highest BCUT2D eigenvalue weighted by molar-refractivity contribution is 6.15. The number of hydrogen-bond donors (Lipinski definition) is 4. The van der Waals surface area contributed by atoms with Crippen LogP contribution in [0.4, 0.5) is 11.4 Å². The average Bonchev–Trinajstić information content (AvgIpc) is 3.13. The van der Waals surface area contributed by atoms with Gasteiger partial charge in [0.15, 0.2) is 0 Å². The fraction of sp³-hybridized carbons (Fsp3) is 0.286. The van der Waals surface area contributed by atoms with Crippen molar-refractivity contribution in [2.45, 2.75) is 50.4 Å². The van der Waals surface area contributed by atoms with E-state index in [1.807, 2.05) is 42.5 Å². The number of nitrogens with zero attached hydrogens (tertiary/aromatic N) is 1. The minimum Gasteiger partial charge on any atom is -0.398 e. The zero-order valence-corrected chi connectivity index (χ0v) is 19.1. The Balaban J connectivity index is 1.31. The van der Waals surface area contributed by atoms with E-state index in [1.165, 1.54) is 0 Å². The molecule has 0 aromatic heterocycles. The summed E-state index contributed by atoms with van der Waals surface area (Å²) in [5.74, 6) is -0.198. The number of piperidine rings is 1. The lowest BCUT2D eigenvalue weighted by Gasteiger charge is -2.39. The molecule has 0 aliphatic carbocycles. The molecule has 5 N–H and O–H groups in total. The molecule has 3 aromatic rings. The van der Waals surface area contributed by atoms with Crippen LogP contribution in [-0.2, 0) is 6.54 Å². The van der Waals surface area contributed by atoms with Crippen LogP contribution in [0.2, 0.25) is 0 Å². The Bertz CT molecular complexity index is 1180. The SMILES string of the molecule is N=C(c1ccc(N2C3CCC2CC(O)C3)cc1)c1cc(C(=O)NCc2ccccc2)ccc1N. The van der Waals surface area contributed by atoms with E-state index in [9.17, 15) is 9.90 Å². The van der Waals surface area contributed by atoms with E-state index in [0.717, 1.165) is 42.5 Å². The maximum absolute atomic E-state index is 12.7. The normalized spacial score (nSPS) is 21.3. The van der Waals surface area contributed by atoms with E-state index in [4.69, 9.17) is 11.1 Å². The number of aliphatic hydroxyl groups excluding tert-OH is 1. The Kier molecular flexibility index (Phi) is 6.07.